The fourth-order valence-electron chi connectivity index (χ4n) is 2.80. The quantitative estimate of drug-likeness (QED) is 0.454. The molecule has 0 fully saturated rings. The van der Waals surface area contributed by atoms with Crippen LogP contribution in [0.15, 0.2) is 76.5 Å². The van der Waals surface area contributed by atoms with Gasteiger partial charge in [0.25, 0.3) is 20.0 Å². The number of ketones is 1. The molecule has 3 aromatic carbocycles. The van der Waals surface area contributed by atoms with Crippen LogP contribution < -0.4 is 14.2 Å². The number of nitrogens with one attached hydrogen (secondary N) is 2. The monoisotopic (exact) mass is 494 g/mol. The van der Waals surface area contributed by atoms with Crippen molar-refractivity contribution < 1.29 is 26.4 Å². The smallest absolute Gasteiger partial charge is 0.263 e. The molecule has 3 aromatic rings. The Balaban J connectivity index is 1.95. The van der Waals surface area contributed by atoms with Gasteiger partial charge in [-0.1, -0.05) is 35.9 Å². The van der Waals surface area contributed by atoms with E-state index in [1.165, 1.54) is 56.5 Å². The highest BCUT2D eigenvalue weighted by Crippen LogP contribution is 2.31. The molecule has 0 saturated carbocycles. The van der Waals surface area contributed by atoms with Crippen LogP contribution in [0.25, 0.3) is 0 Å². The highest BCUT2D eigenvalue weighted by Gasteiger charge is 2.22. The van der Waals surface area contributed by atoms with Gasteiger partial charge in [-0.2, -0.15) is 0 Å². The maximum Gasteiger partial charge on any atom is 0.263 e. The molecule has 0 bridgehead atoms. The number of ether oxygens (including phenoxy) is 1. The molecule has 8 nitrogen and oxygen atoms in total. The van der Waals surface area contributed by atoms with Gasteiger partial charge < -0.3 is 4.74 Å². The van der Waals surface area contributed by atoms with Crippen molar-refractivity contribution in [3.8, 4) is 5.75 Å². The summed E-state index contributed by atoms with van der Waals surface area (Å²) in [5.74, 6) is 0.0127. The number of methoxy groups -OCH3 is 1. The molecule has 0 spiro atoms. The summed E-state index contributed by atoms with van der Waals surface area (Å²) < 4.78 is 61.2. The first kappa shape index (κ1) is 23.6. The number of carbonyl (C=O) groups is 1. The van der Waals surface area contributed by atoms with Crippen molar-refractivity contribution in [1.29, 1.82) is 0 Å². The zero-order chi connectivity index (χ0) is 23.5. The van der Waals surface area contributed by atoms with Gasteiger partial charge in [0.1, 0.15) is 10.6 Å². The van der Waals surface area contributed by atoms with E-state index in [2.05, 4.69) is 9.44 Å². The van der Waals surface area contributed by atoms with Crippen molar-refractivity contribution >= 4 is 48.8 Å². The molecule has 0 saturated heterocycles. The fraction of sp³-hybridized carbons (Fsp3) is 0.0952. The van der Waals surface area contributed by atoms with Crippen molar-refractivity contribution in [2.24, 2.45) is 0 Å². The highest BCUT2D eigenvalue weighted by molar-refractivity contribution is 7.93. The Bertz CT molecular complexity index is 1390. The Labute approximate surface area is 191 Å². The molecule has 0 amide bonds. The molecule has 3 rings (SSSR count). The summed E-state index contributed by atoms with van der Waals surface area (Å²) in [6, 6.07) is 15.6. The predicted molar refractivity (Wildman–Crippen MR) is 123 cm³/mol. The summed E-state index contributed by atoms with van der Waals surface area (Å²) in [7, 11) is -6.87. The number of anilines is 2. The summed E-state index contributed by atoms with van der Waals surface area (Å²) in [5, 5.41) is -0.103. The number of Topliss-reactive ketones (excluding diaryl/α,β-unsaturated/α-hetero) is 1. The summed E-state index contributed by atoms with van der Waals surface area (Å²) in [5.41, 5.74) is 0.398. The van der Waals surface area contributed by atoms with Gasteiger partial charge in [-0.3, -0.25) is 14.2 Å². The van der Waals surface area contributed by atoms with E-state index in [9.17, 15) is 21.6 Å². The normalized spacial score (nSPS) is 11.6. The SMILES string of the molecule is COc1ccccc1NS(=O)(=O)c1cc(NS(=O)(=O)c2cccc(C(C)=O)c2)ccc1Cl. The van der Waals surface area contributed by atoms with E-state index < -0.39 is 20.0 Å². The fourth-order valence-corrected chi connectivity index (χ4v) is 5.49. The Morgan fingerprint density at radius 1 is 0.875 bits per heavy atom. The summed E-state index contributed by atoms with van der Waals surface area (Å²) in [4.78, 5) is 11.1. The molecule has 0 unspecified atom stereocenters. The second-order valence-corrected chi connectivity index (χ2v) is 10.4. The lowest BCUT2D eigenvalue weighted by Crippen LogP contribution is -2.16. The van der Waals surface area contributed by atoms with Gasteiger partial charge in [-0.25, -0.2) is 16.8 Å². The molecule has 11 heteroatoms. The lowest BCUT2D eigenvalue weighted by atomic mass is 10.2. The molecule has 0 aliphatic heterocycles. The van der Waals surface area contributed by atoms with Crippen LogP contribution in [0.2, 0.25) is 5.02 Å². The minimum absolute atomic E-state index is 0.0250. The van der Waals surface area contributed by atoms with Gasteiger partial charge in [0, 0.05) is 5.56 Å². The third-order valence-electron chi connectivity index (χ3n) is 4.38. The maximum atomic E-state index is 12.9. The van der Waals surface area contributed by atoms with Gasteiger partial charge in [0.2, 0.25) is 0 Å². The second-order valence-electron chi connectivity index (χ2n) is 6.64. The summed E-state index contributed by atoms with van der Waals surface area (Å²) in [6.45, 7) is 1.32. The second kappa shape index (κ2) is 9.19. The largest absolute Gasteiger partial charge is 0.495 e. The molecular weight excluding hydrogens is 476 g/mol. The summed E-state index contributed by atoms with van der Waals surface area (Å²) >= 11 is 6.10. The number of hydrogen-bond acceptors (Lipinski definition) is 6. The van der Waals surface area contributed by atoms with Crippen LogP contribution in [0.5, 0.6) is 5.75 Å². The Morgan fingerprint density at radius 2 is 1.59 bits per heavy atom. The molecule has 0 atom stereocenters. The molecule has 0 aliphatic rings. The number of halogens is 1. The van der Waals surface area contributed by atoms with Gasteiger partial charge in [-0.05, 0) is 49.4 Å². The number of sulfonamides is 2. The molecule has 2 N–H and O–H groups in total. The summed E-state index contributed by atoms with van der Waals surface area (Å²) in [6.07, 6.45) is 0. The van der Waals surface area contributed by atoms with Crippen LogP contribution in [0.4, 0.5) is 11.4 Å². The molecule has 0 aromatic heterocycles. The lowest BCUT2D eigenvalue weighted by molar-refractivity contribution is 0.101. The molecule has 0 aliphatic carbocycles. The topological polar surface area (TPSA) is 119 Å². The van der Waals surface area contributed by atoms with Crippen LogP contribution in [0, 0.1) is 0 Å². The van der Waals surface area contributed by atoms with E-state index in [0.717, 1.165) is 6.07 Å². The van der Waals surface area contributed by atoms with Crippen molar-refractivity contribution in [3.05, 3.63) is 77.3 Å². The Kier molecular flexibility index (Phi) is 6.77. The standard InChI is InChI=1S/C21H19ClN2O6S2/c1-14(25)15-6-5-7-17(12-15)31(26,27)23-16-10-11-18(22)21(13-16)32(28,29)24-19-8-3-4-9-20(19)30-2/h3-13,23-24H,1-2H3. The Hall–Kier alpha value is -3.08. The van der Waals surface area contributed by atoms with E-state index >= 15 is 0 Å². The van der Waals surface area contributed by atoms with Crippen LogP contribution in [0.1, 0.15) is 17.3 Å². The van der Waals surface area contributed by atoms with Gasteiger partial charge in [0.05, 0.1) is 28.4 Å². The van der Waals surface area contributed by atoms with Gasteiger partial charge in [-0.15, -0.1) is 0 Å². The highest BCUT2D eigenvalue weighted by atomic mass is 35.5. The number of benzene rings is 3. The predicted octanol–water partition coefficient (Wildman–Crippen LogP) is 4.15. The van der Waals surface area contributed by atoms with E-state index in [1.54, 1.807) is 18.2 Å². The van der Waals surface area contributed by atoms with Crippen LogP contribution >= 0.6 is 11.6 Å². The van der Waals surface area contributed by atoms with E-state index in [-0.39, 0.29) is 37.5 Å². The van der Waals surface area contributed by atoms with Crippen LogP contribution in [0.3, 0.4) is 0 Å². The lowest BCUT2D eigenvalue weighted by Gasteiger charge is -2.14. The minimum Gasteiger partial charge on any atom is -0.495 e. The number of hydrogen-bond donors (Lipinski definition) is 2. The maximum absolute atomic E-state index is 12.9. The number of carbonyl (C=O) groups excluding carboxylic acids is 1. The molecule has 0 heterocycles. The first-order valence-corrected chi connectivity index (χ1v) is 12.5. The zero-order valence-corrected chi connectivity index (χ0v) is 19.4. The number of para-hydroxylation sites is 2. The van der Waals surface area contributed by atoms with Gasteiger partial charge >= 0.3 is 0 Å². The first-order chi connectivity index (χ1) is 15.0. The molecular formula is C21H19ClN2O6S2. The van der Waals surface area contributed by atoms with Crippen LogP contribution in [-0.2, 0) is 20.0 Å². The third kappa shape index (κ3) is 5.21. The minimum atomic E-state index is -4.18. The number of rotatable bonds is 8. The Morgan fingerprint density at radius 3 is 2.28 bits per heavy atom. The van der Waals surface area contributed by atoms with Gasteiger partial charge in [0.15, 0.2) is 5.78 Å². The van der Waals surface area contributed by atoms with Crippen molar-refractivity contribution in [2.75, 3.05) is 16.6 Å². The average molecular weight is 495 g/mol. The first-order valence-electron chi connectivity index (χ1n) is 9.13. The van der Waals surface area contributed by atoms with Crippen LogP contribution in [-0.4, -0.2) is 29.7 Å². The average Bonchev–Trinajstić information content (AvgIpc) is 2.75. The zero-order valence-electron chi connectivity index (χ0n) is 17.0. The third-order valence-corrected chi connectivity index (χ3v) is 7.60. The molecule has 168 valence electrons. The van der Waals surface area contributed by atoms with Crippen molar-refractivity contribution in [2.45, 2.75) is 16.7 Å². The molecule has 0 radical (unpaired) electrons. The van der Waals surface area contributed by atoms with E-state index in [0.29, 0.717) is 5.75 Å². The van der Waals surface area contributed by atoms with Crippen molar-refractivity contribution in [3.63, 3.8) is 0 Å². The molecule has 32 heavy (non-hydrogen) atoms. The van der Waals surface area contributed by atoms with Crippen molar-refractivity contribution in [1.82, 2.24) is 0 Å². The van der Waals surface area contributed by atoms with E-state index in [4.69, 9.17) is 16.3 Å². The van der Waals surface area contributed by atoms with E-state index in [1.807, 2.05) is 0 Å².